The molecule has 352 valence electrons. The Balaban J connectivity index is 1.19. The van der Waals surface area contributed by atoms with Gasteiger partial charge in [0, 0.05) is 47.8 Å². The van der Waals surface area contributed by atoms with E-state index >= 15 is 4.79 Å². The van der Waals surface area contributed by atoms with Crippen LogP contribution in [0, 0.1) is 29.1 Å². The number of ether oxygens (including phenoxy) is 2. The number of methoxy groups -OCH3 is 1. The number of rotatable bonds is 11. The number of hydrogen-bond acceptors (Lipinski definition) is 11. The predicted octanol–water partition coefficient (Wildman–Crippen LogP) is 9.06. The van der Waals surface area contributed by atoms with Crippen LogP contribution < -0.4 is 20.1 Å². The summed E-state index contributed by atoms with van der Waals surface area (Å²) in [5.74, 6) is -0.904. The molecule has 67 heavy (non-hydrogen) atoms. The number of allylic oxidation sites excluding steroid dienone is 3. The number of aryl methyl sites for hydroxylation is 2. The number of dihydropyridines is 1. The van der Waals surface area contributed by atoms with Gasteiger partial charge in [0.05, 0.1) is 31.8 Å². The smallest absolute Gasteiger partial charge is 0.200 e. The molecule has 1 fully saturated rings. The zero-order valence-electron chi connectivity index (χ0n) is 38.2. The topological polar surface area (TPSA) is 197 Å². The number of aliphatic hydroxyl groups excluding tert-OH is 2. The molecule has 12 nitrogen and oxygen atoms in total. The van der Waals surface area contributed by atoms with Crippen LogP contribution in [0.25, 0.3) is 10.8 Å². The zero-order chi connectivity index (χ0) is 46.8. The summed E-state index contributed by atoms with van der Waals surface area (Å²) in [5.41, 5.74) is 4.00. The average molecular weight is 910 g/mol. The van der Waals surface area contributed by atoms with Gasteiger partial charge in [0.1, 0.15) is 17.4 Å². The molecule has 0 radical (unpaired) electrons. The number of ketones is 1. The van der Waals surface area contributed by atoms with Crippen molar-refractivity contribution in [3.63, 3.8) is 0 Å². The summed E-state index contributed by atoms with van der Waals surface area (Å²) >= 11 is 0. The van der Waals surface area contributed by atoms with E-state index in [4.69, 9.17) is 9.47 Å². The van der Waals surface area contributed by atoms with E-state index in [0.717, 1.165) is 57.5 Å². The third-order valence-electron chi connectivity index (χ3n) is 15.0. The maximum Gasteiger partial charge on any atom is 0.200 e. The number of fused-ring (bicyclic) bond motifs is 5. The lowest BCUT2D eigenvalue weighted by Gasteiger charge is -2.46. The van der Waals surface area contributed by atoms with E-state index < -0.39 is 35.4 Å². The number of carbonyl (C=O) groups is 1. The van der Waals surface area contributed by atoms with Crippen molar-refractivity contribution in [2.75, 3.05) is 25.6 Å². The van der Waals surface area contributed by atoms with Crippen molar-refractivity contribution in [2.45, 2.75) is 89.3 Å². The molecule has 4 aromatic carbocycles. The summed E-state index contributed by atoms with van der Waals surface area (Å²) in [5, 5.41) is 77.5. The standard InChI is InChI=1S/C55H63N3O9/c1-32-5-3-6-34(23-32)31-67-51-28-37(27-49(64)54(51)65)35-10-13-42-41-14-12-40(59)25-36(41)11-15-44(42)58-52-29-38(19-22-57-52)55(20-18-45(60)43(55)30-39-7-4-21-56-39)53(48(63)26-35)47(62)17-9-33-8-16-46(61)50(24-33)66-2/h3-4,6-8,11-12,14-16,19,21,24-25,27-29,32,34-35,43,45,47,53,56-62,64-65H,5,9-10,13,17-18,20,22-23,26,30-31H2,1-2H3. The minimum atomic E-state index is -1.16. The Morgan fingerprint density at radius 2 is 1.82 bits per heavy atom. The molecule has 1 aromatic heterocycles. The Kier molecular flexibility index (Phi) is 13.3. The van der Waals surface area contributed by atoms with Gasteiger partial charge in [-0.15, -0.1) is 0 Å². The third-order valence-corrected chi connectivity index (χ3v) is 15.0. The van der Waals surface area contributed by atoms with Crippen molar-refractivity contribution in [1.82, 2.24) is 10.3 Å². The SMILES string of the molecule is COc1cc(CCC(O)C2C(=O)CC(c3cc(O)c(O)c(OCC4C=CCC(C)C4)c3)CCc3c(ccc4cc(O)ccc34)NC3=CC(=CCN3)C23CCC(O)C3Cc2ccc[nH]2)ccc1O. The first-order chi connectivity index (χ1) is 32.4. The van der Waals surface area contributed by atoms with E-state index in [-0.39, 0.29) is 53.3 Å². The summed E-state index contributed by atoms with van der Waals surface area (Å²) in [7, 11) is 1.49. The van der Waals surface area contributed by atoms with Gasteiger partial charge in [-0.1, -0.05) is 43.4 Å². The highest BCUT2D eigenvalue weighted by Gasteiger charge is 2.58. The molecule has 8 atom stereocenters. The number of hydrogen-bond donors (Lipinski definition) is 9. The van der Waals surface area contributed by atoms with Gasteiger partial charge < -0.3 is 55.7 Å². The highest BCUT2D eigenvalue weighted by Crippen LogP contribution is 2.58. The van der Waals surface area contributed by atoms with Crippen LogP contribution in [0.5, 0.6) is 34.5 Å². The van der Waals surface area contributed by atoms with Crippen molar-refractivity contribution in [3.8, 4) is 34.5 Å². The molecule has 2 aliphatic heterocycles. The van der Waals surface area contributed by atoms with Crippen molar-refractivity contribution in [2.24, 2.45) is 29.1 Å². The van der Waals surface area contributed by atoms with Crippen LogP contribution in [0.2, 0.25) is 0 Å². The summed E-state index contributed by atoms with van der Waals surface area (Å²) in [6.07, 6.45) is 13.1. The van der Waals surface area contributed by atoms with Crippen molar-refractivity contribution >= 4 is 22.2 Å². The van der Waals surface area contributed by atoms with Gasteiger partial charge in [0.15, 0.2) is 23.0 Å². The normalized spacial score (nSPS) is 25.7. The van der Waals surface area contributed by atoms with E-state index in [9.17, 15) is 30.6 Å². The first-order valence-corrected chi connectivity index (χ1v) is 23.8. The van der Waals surface area contributed by atoms with Gasteiger partial charge in [-0.25, -0.2) is 0 Å². The predicted molar refractivity (Wildman–Crippen MR) is 259 cm³/mol. The molecule has 1 saturated carbocycles. The Morgan fingerprint density at radius 1 is 0.955 bits per heavy atom. The number of nitrogens with one attached hydrogen (secondary N) is 3. The van der Waals surface area contributed by atoms with E-state index in [2.05, 4.69) is 40.8 Å². The lowest BCUT2D eigenvalue weighted by molar-refractivity contribution is -0.134. The van der Waals surface area contributed by atoms with Crippen LogP contribution in [0.15, 0.2) is 115 Å². The lowest BCUT2D eigenvalue weighted by atomic mass is 9.57. The van der Waals surface area contributed by atoms with Crippen LogP contribution in [-0.2, 0) is 24.1 Å². The molecule has 0 amide bonds. The van der Waals surface area contributed by atoms with E-state index in [1.807, 2.05) is 42.6 Å². The second-order valence-corrected chi connectivity index (χ2v) is 19.3. The fourth-order valence-corrected chi connectivity index (χ4v) is 11.7. The number of benzene rings is 4. The maximum atomic E-state index is 16.0. The van der Waals surface area contributed by atoms with Gasteiger partial charge in [-0.3, -0.25) is 4.79 Å². The number of carbonyl (C=O) groups excluding carboxylic acids is 1. The number of aromatic nitrogens is 1. The van der Waals surface area contributed by atoms with E-state index in [1.165, 1.54) is 13.2 Å². The van der Waals surface area contributed by atoms with Gasteiger partial charge in [-0.2, -0.15) is 0 Å². The van der Waals surface area contributed by atoms with Gasteiger partial charge in [0.25, 0.3) is 0 Å². The van der Waals surface area contributed by atoms with Crippen molar-refractivity contribution in [3.05, 3.63) is 137 Å². The minimum absolute atomic E-state index is 0.00546. The Bertz CT molecular complexity index is 2690. The molecule has 4 aliphatic rings. The molecule has 2 bridgehead atoms. The molecular weight excluding hydrogens is 847 g/mol. The molecule has 1 spiro atoms. The first kappa shape index (κ1) is 45.8. The largest absolute Gasteiger partial charge is 0.508 e. The van der Waals surface area contributed by atoms with Crippen LogP contribution >= 0.6 is 0 Å². The number of aliphatic hydroxyl groups is 2. The molecule has 9 N–H and O–H groups in total. The fourth-order valence-electron chi connectivity index (χ4n) is 11.7. The fraction of sp³-hybridized carbons (Fsp3) is 0.400. The zero-order valence-corrected chi connectivity index (χ0v) is 38.2. The van der Waals surface area contributed by atoms with E-state index in [1.54, 1.807) is 36.4 Å². The van der Waals surface area contributed by atoms with Gasteiger partial charge in [0.2, 0.25) is 5.75 Å². The summed E-state index contributed by atoms with van der Waals surface area (Å²) < 4.78 is 11.7. The number of phenolic OH excluding ortho intramolecular Hbond substituents is 4. The third kappa shape index (κ3) is 9.47. The molecule has 12 heteroatoms. The monoisotopic (exact) mass is 909 g/mol. The highest BCUT2D eigenvalue weighted by molar-refractivity contribution is 5.91. The average Bonchev–Trinajstić information content (AvgIpc) is 3.96. The van der Waals surface area contributed by atoms with Gasteiger partial charge in [-0.05, 0) is 163 Å². The molecule has 3 heterocycles. The van der Waals surface area contributed by atoms with E-state index in [0.29, 0.717) is 68.9 Å². The lowest BCUT2D eigenvalue weighted by Crippen LogP contribution is -2.50. The number of phenols is 4. The summed E-state index contributed by atoms with van der Waals surface area (Å²) in [6.45, 7) is 2.95. The number of aromatic hydroxyl groups is 4. The van der Waals surface area contributed by atoms with Crippen LogP contribution in [-0.4, -0.2) is 73.9 Å². The molecule has 9 rings (SSSR count). The minimum Gasteiger partial charge on any atom is -0.508 e. The van der Waals surface area contributed by atoms with Gasteiger partial charge >= 0.3 is 0 Å². The number of H-pyrrole nitrogens is 1. The highest BCUT2D eigenvalue weighted by atomic mass is 16.5. The Morgan fingerprint density at radius 3 is 2.63 bits per heavy atom. The number of anilines is 1. The van der Waals surface area contributed by atoms with Crippen LogP contribution in [0.1, 0.15) is 80.2 Å². The molecule has 2 aliphatic carbocycles. The summed E-state index contributed by atoms with van der Waals surface area (Å²) in [4.78, 5) is 19.3. The molecule has 5 aromatic rings. The Labute approximate surface area is 391 Å². The quantitative estimate of drug-likeness (QED) is 0.0453. The van der Waals surface area contributed by atoms with Crippen molar-refractivity contribution < 1.29 is 44.9 Å². The first-order valence-electron chi connectivity index (χ1n) is 23.8. The molecule has 0 saturated heterocycles. The van der Waals surface area contributed by atoms with Crippen molar-refractivity contribution in [1.29, 1.82) is 0 Å². The molecule has 8 unspecified atom stereocenters. The van der Waals surface area contributed by atoms with Crippen LogP contribution in [0.4, 0.5) is 5.69 Å². The maximum absolute atomic E-state index is 16.0. The Hall–Kier alpha value is -6.37. The van der Waals surface area contributed by atoms with Crippen LogP contribution in [0.3, 0.4) is 0 Å². The molecular formula is C55H63N3O9. The second-order valence-electron chi connectivity index (χ2n) is 19.3. The second kappa shape index (κ2) is 19.5. The number of Topliss-reactive ketones (excluding diaryl/α,β-unsaturated/α-hetero) is 1. The number of aromatic amines is 1. The summed E-state index contributed by atoms with van der Waals surface area (Å²) in [6, 6.07) is 21.6.